The SMILES string of the molecule is [2H]C([2H])([2H])Oc1cc(C)c2oc(COC(=O)Cc3ccn([C@@H]4O[C@@H]5CO[Si](C(C)C)(C(C)C)O[Si](C(C)C)(C(C)C)O[C@H]5C4(F)F)c(=O)n3)cc2c1.[2H]C([2H])([2H])Oc1cc(C)c2oc(COC(=O)Cc3ccn([C@@H]4O[C@H](CO)[C@@H](O)C4(F)F)c(=O)n3)cc2c1. The molecular formula is C56H70F4N4O17Si2. The Balaban J connectivity index is 0.000000243. The Morgan fingerprint density at radius 2 is 1.17 bits per heavy atom. The Kier molecular flexibility index (Phi) is 16.3. The van der Waals surface area contributed by atoms with E-state index in [9.17, 15) is 33.1 Å². The fourth-order valence-corrected chi connectivity index (χ4v) is 21.8. The van der Waals surface area contributed by atoms with Gasteiger partial charge in [-0.3, -0.25) is 18.7 Å². The molecule has 452 valence electrons. The maximum absolute atomic E-state index is 16.4. The van der Waals surface area contributed by atoms with Gasteiger partial charge < -0.3 is 60.4 Å². The number of carbonyl (C=O) groups excluding carboxylic acids is 2. The van der Waals surface area contributed by atoms with E-state index < -0.39 is 123 Å². The zero-order chi connectivity index (χ0) is 65.7. The molecule has 27 heteroatoms. The molecule has 0 saturated carbocycles. The van der Waals surface area contributed by atoms with Crippen LogP contribution in [0.1, 0.15) is 110 Å². The molecule has 0 spiro atoms. The Morgan fingerprint density at radius 3 is 1.58 bits per heavy atom. The standard InChI is InChI=1S/C34H48F2N2O9Si2.C22H22F2N2O8/c1-19(2)48(20(3)4)43-18-28-31(46-49(47-48,21(5)6)22(7)8)34(35,36)32(45-28)38-12-11-25(37-33(38)40)16-29(39)42-17-27-15-24-14-26(41-10)13-23(9)30(24)44-27;1-11-5-14(31-2)6-12-7-15(33-18(11)12)10-32-17(28)8-13-3-4-26(21(30)25-13)20-22(23,24)19(29)16(9-27)34-20/h11-15,19-22,28,31-32H,16-18H2,1-10H3;3-7,16,19-20,27,29H,8-10H2,1-2H3/t28-,31-,32-;16-,19-,20-/m11/s1/i10D3;2D3. The third-order valence-electron chi connectivity index (χ3n) is 14.8. The minimum absolute atomic E-state index is 0.00187. The van der Waals surface area contributed by atoms with Crippen molar-refractivity contribution in [2.24, 2.45) is 0 Å². The first-order valence-electron chi connectivity index (χ1n) is 29.7. The number of nitrogens with zero attached hydrogens (tertiary/aromatic N) is 4. The lowest BCUT2D eigenvalue weighted by molar-refractivity contribution is -0.145. The molecule has 2 N–H and O–H groups in total. The summed E-state index contributed by atoms with van der Waals surface area (Å²) in [5, 5.41) is 19.8. The van der Waals surface area contributed by atoms with Crippen LogP contribution < -0.4 is 20.9 Å². The van der Waals surface area contributed by atoms with Crippen molar-refractivity contribution in [2.45, 2.75) is 166 Å². The summed E-state index contributed by atoms with van der Waals surface area (Å²) in [6.45, 7) is 17.6. The average molecular weight is 1210 g/mol. The van der Waals surface area contributed by atoms with Crippen molar-refractivity contribution < 1.29 is 95.8 Å². The molecule has 0 radical (unpaired) electrons. The van der Waals surface area contributed by atoms with E-state index in [0.29, 0.717) is 42.2 Å². The number of rotatable bonds is 17. The lowest BCUT2D eigenvalue weighted by atomic mass is 10.1. The average Bonchev–Trinajstić information content (AvgIpc) is 1.68. The summed E-state index contributed by atoms with van der Waals surface area (Å²) in [6, 6.07) is 11.6. The van der Waals surface area contributed by atoms with E-state index in [1.54, 1.807) is 26.0 Å². The maximum Gasteiger partial charge on any atom is 0.350 e. The lowest BCUT2D eigenvalue weighted by Crippen LogP contribution is -2.66. The van der Waals surface area contributed by atoms with Crippen LogP contribution in [-0.4, -0.2) is 122 Å². The first-order valence-corrected chi connectivity index (χ1v) is 30.6. The highest BCUT2D eigenvalue weighted by Gasteiger charge is 2.68. The number of aryl methyl sites for hydroxylation is 2. The molecule has 2 aromatic carbocycles. The molecule has 3 aliphatic rings. The van der Waals surface area contributed by atoms with Gasteiger partial charge in [0.05, 0.1) is 59.7 Å². The van der Waals surface area contributed by atoms with Crippen LogP contribution in [0, 0.1) is 13.8 Å². The van der Waals surface area contributed by atoms with Gasteiger partial charge >= 0.3 is 52.3 Å². The summed E-state index contributed by atoms with van der Waals surface area (Å²) in [4.78, 5) is 58.0. The second-order valence-corrected chi connectivity index (χ2v) is 30.7. The number of aliphatic hydroxyl groups excluding tert-OH is 2. The van der Waals surface area contributed by atoms with Crippen molar-refractivity contribution in [1.82, 2.24) is 19.1 Å². The topological polar surface area (TPSA) is 254 Å². The summed E-state index contributed by atoms with van der Waals surface area (Å²) < 4.78 is 169. The van der Waals surface area contributed by atoms with Gasteiger partial charge in [0.1, 0.15) is 65.7 Å². The van der Waals surface area contributed by atoms with Crippen LogP contribution in [0.25, 0.3) is 21.9 Å². The van der Waals surface area contributed by atoms with Crippen LogP contribution in [0.3, 0.4) is 0 Å². The summed E-state index contributed by atoms with van der Waals surface area (Å²) in [5.41, 5.74) is -0.459. The van der Waals surface area contributed by atoms with Crippen molar-refractivity contribution in [2.75, 3.05) is 27.3 Å². The number of fused-ring (bicyclic) bond motifs is 3. The van der Waals surface area contributed by atoms with Gasteiger partial charge in [-0.1, -0.05) is 55.4 Å². The normalized spacial score (nSPS) is 24.0. The summed E-state index contributed by atoms with van der Waals surface area (Å²) in [7, 11) is -11.7. The van der Waals surface area contributed by atoms with Gasteiger partial charge in [-0.15, -0.1) is 0 Å². The van der Waals surface area contributed by atoms with E-state index in [-0.39, 0.29) is 76.4 Å². The van der Waals surface area contributed by atoms with Gasteiger partial charge in [0, 0.05) is 23.2 Å². The molecule has 3 saturated heterocycles. The number of carbonyl (C=O) groups is 2. The number of hydrogen-bond acceptors (Lipinski definition) is 19. The molecular weight excluding hydrogens is 1130 g/mol. The third kappa shape index (κ3) is 12.6. The van der Waals surface area contributed by atoms with Crippen LogP contribution in [0.15, 0.2) is 79.3 Å². The number of alkyl halides is 4. The first-order chi connectivity index (χ1) is 41.4. The molecule has 0 amide bonds. The number of methoxy groups -OCH3 is 2. The quantitative estimate of drug-likeness (QED) is 0.0492. The molecule has 4 aromatic heterocycles. The minimum atomic E-state index is -3.86. The largest absolute Gasteiger partial charge is 0.497 e. The molecule has 9 rings (SSSR count). The molecule has 0 unspecified atom stereocenters. The number of benzene rings is 2. The second kappa shape index (κ2) is 24.7. The number of aromatic nitrogens is 4. The Bertz CT molecular complexity index is 3660. The van der Waals surface area contributed by atoms with Crippen LogP contribution in [0.4, 0.5) is 17.6 Å². The Morgan fingerprint density at radius 1 is 0.711 bits per heavy atom. The first kappa shape index (κ1) is 54.6. The van der Waals surface area contributed by atoms with Crippen LogP contribution in [0.5, 0.6) is 11.5 Å². The van der Waals surface area contributed by atoms with Crippen molar-refractivity contribution in [3.05, 3.63) is 116 Å². The zero-order valence-electron chi connectivity index (χ0n) is 53.1. The predicted molar refractivity (Wildman–Crippen MR) is 294 cm³/mol. The molecule has 21 nitrogen and oxygen atoms in total. The highest BCUT2D eigenvalue weighted by molar-refractivity contribution is 6.84. The predicted octanol–water partition coefficient (Wildman–Crippen LogP) is 8.56. The van der Waals surface area contributed by atoms with Gasteiger partial charge in [-0.25, -0.2) is 9.59 Å². The van der Waals surface area contributed by atoms with Crippen molar-refractivity contribution in [3.8, 4) is 11.5 Å². The molecule has 3 aliphatic heterocycles. The number of esters is 2. The van der Waals surface area contributed by atoms with Crippen LogP contribution >= 0.6 is 0 Å². The van der Waals surface area contributed by atoms with Gasteiger partial charge in [0.15, 0.2) is 6.10 Å². The van der Waals surface area contributed by atoms with Gasteiger partial charge in [0.25, 0.3) is 0 Å². The van der Waals surface area contributed by atoms with E-state index in [0.717, 1.165) is 18.5 Å². The number of aliphatic hydroxyl groups is 2. The highest BCUT2D eigenvalue weighted by Crippen LogP contribution is 2.52. The number of furan rings is 2. The van der Waals surface area contributed by atoms with Crippen molar-refractivity contribution >= 4 is 51.0 Å². The van der Waals surface area contributed by atoms with Gasteiger partial charge in [-0.2, -0.15) is 27.5 Å². The fraction of sp³-hybridized carbons (Fsp3) is 0.536. The summed E-state index contributed by atoms with van der Waals surface area (Å²) in [6.07, 6.45) is -9.80. The van der Waals surface area contributed by atoms with E-state index in [1.807, 2.05) is 55.4 Å². The van der Waals surface area contributed by atoms with Crippen molar-refractivity contribution in [3.63, 3.8) is 0 Å². The van der Waals surface area contributed by atoms with Crippen molar-refractivity contribution in [1.29, 1.82) is 0 Å². The van der Waals surface area contributed by atoms with E-state index in [4.69, 9.17) is 63.6 Å². The second-order valence-electron chi connectivity index (χ2n) is 21.9. The Hall–Kier alpha value is -6.31. The molecule has 6 atom stereocenters. The minimum Gasteiger partial charge on any atom is -0.497 e. The van der Waals surface area contributed by atoms with Gasteiger partial charge in [0.2, 0.25) is 12.5 Å². The van der Waals surface area contributed by atoms with Crippen LogP contribution in [0.2, 0.25) is 22.2 Å². The van der Waals surface area contributed by atoms with Crippen LogP contribution in [-0.2, 0) is 67.6 Å². The summed E-state index contributed by atoms with van der Waals surface area (Å²) >= 11 is 0. The number of hydrogen-bond donors (Lipinski definition) is 2. The maximum atomic E-state index is 16.4. The lowest BCUT2D eigenvalue weighted by Gasteiger charge is -2.51. The van der Waals surface area contributed by atoms with E-state index >= 15 is 8.78 Å². The molecule has 83 heavy (non-hydrogen) atoms. The third-order valence-corrected chi connectivity index (χ3v) is 25.0. The number of halogens is 4. The highest BCUT2D eigenvalue weighted by atomic mass is 28.5. The monoisotopic (exact) mass is 1210 g/mol. The fourth-order valence-electron chi connectivity index (χ4n) is 10.6. The Labute approximate surface area is 485 Å². The van der Waals surface area contributed by atoms with E-state index in [1.165, 1.54) is 30.3 Å². The molecule has 3 fully saturated rings. The van der Waals surface area contributed by atoms with E-state index in [2.05, 4.69) is 9.97 Å². The molecule has 7 heterocycles. The molecule has 0 aliphatic carbocycles. The zero-order valence-corrected chi connectivity index (χ0v) is 49.1. The number of ether oxygens (including phenoxy) is 6. The smallest absolute Gasteiger partial charge is 0.350 e. The summed E-state index contributed by atoms with van der Waals surface area (Å²) in [5.74, 6) is -8.24. The molecule has 6 aromatic rings. The molecule has 0 bridgehead atoms. The van der Waals surface area contributed by atoms with Gasteiger partial charge in [-0.05, 0) is 95.7 Å².